The van der Waals surface area contributed by atoms with E-state index in [0.717, 1.165) is 12.8 Å². The van der Waals surface area contributed by atoms with Gasteiger partial charge < -0.3 is 21.5 Å². The van der Waals surface area contributed by atoms with Gasteiger partial charge in [-0.25, -0.2) is 9.59 Å². The Bertz CT molecular complexity index is 314. The minimum absolute atomic E-state index is 0.00728. The van der Waals surface area contributed by atoms with Gasteiger partial charge in [0, 0.05) is 0 Å². The van der Waals surface area contributed by atoms with Crippen LogP contribution in [0.2, 0.25) is 0 Å². The Labute approximate surface area is 92.4 Å². The highest BCUT2D eigenvalue weighted by atomic mass is 16.4. The summed E-state index contributed by atoms with van der Waals surface area (Å²) in [5.41, 5.74) is 4.95. The minimum atomic E-state index is -1.07. The van der Waals surface area contributed by atoms with E-state index in [-0.39, 0.29) is 5.92 Å². The number of urea groups is 1. The van der Waals surface area contributed by atoms with Gasteiger partial charge in [-0.05, 0) is 25.7 Å². The molecule has 0 saturated heterocycles. The molecule has 90 valence electrons. The minimum Gasteiger partial charge on any atom is -0.480 e. The van der Waals surface area contributed by atoms with Crippen LogP contribution in [0.4, 0.5) is 4.79 Å². The van der Waals surface area contributed by atoms with Crippen molar-refractivity contribution in [2.75, 3.05) is 0 Å². The summed E-state index contributed by atoms with van der Waals surface area (Å²) in [5, 5.41) is 13.4. The Hall–Kier alpha value is -1.79. The molecular weight excluding hydrogens is 214 g/mol. The van der Waals surface area contributed by atoms with E-state index in [1.807, 2.05) is 0 Å². The van der Waals surface area contributed by atoms with Crippen LogP contribution in [0.5, 0.6) is 0 Å². The molecule has 5 N–H and O–H groups in total. The Morgan fingerprint density at radius 3 is 2.25 bits per heavy atom. The SMILES string of the molecule is CC(NC(=O)NC(C(=O)O)C1CC1)C(N)=O. The van der Waals surface area contributed by atoms with Crippen molar-refractivity contribution < 1.29 is 19.5 Å². The second-order valence-electron chi connectivity index (χ2n) is 3.90. The third kappa shape index (κ3) is 3.41. The van der Waals surface area contributed by atoms with Crippen molar-refractivity contribution in [1.29, 1.82) is 0 Å². The Morgan fingerprint density at radius 2 is 1.88 bits per heavy atom. The number of nitrogens with one attached hydrogen (secondary N) is 2. The van der Waals surface area contributed by atoms with Crippen LogP contribution in [0.15, 0.2) is 0 Å². The third-order valence-corrected chi connectivity index (χ3v) is 2.42. The van der Waals surface area contributed by atoms with Crippen LogP contribution in [-0.4, -0.2) is 35.1 Å². The van der Waals surface area contributed by atoms with Crippen LogP contribution < -0.4 is 16.4 Å². The van der Waals surface area contributed by atoms with Gasteiger partial charge in [0.15, 0.2) is 0 Å². The first-order valence-corrected chi connectivity index (χ1v) is 5.01. The molecule has 0 heterocycles. The highest BCUT2D eigenvalue weighted by molar-refractivity contribution is 5.87. The summed E-state index contributed by atoms with van der Waals surface area (Å²) in [4.78, 5) is 32.8. The summed E-state index contributed by atoms with van der Waals surface area (Å²) >= 11 is 0. The summed E-state index contributed by atoms with van der Waals surface area (Å²) in [6, 6.07) is -2.40. The molecule has 1 saturated carbocycles. The topological polar surface area (TPSA) is 122 Å². The van der Waals surface area contributed by atoms with E-state index in [9.17, 15) is 14.4 Å². The number of amides is 3. The highest BCUT2D eigenvalue weighted by Gasteiger charge is 2.37. The fourth-order valence-electron chi connectivity index (χ4n) is 1.26. The second kappa shape index (κ2) is 4.82. The Balaban J connectivity index is 2.42. The fourth-order valence-corrected chi connectivity index (χ4v) is 1.26. The monoisotopic (exact) mass is 229 g/mol. The maximum atomic E-state index is 11.3. The molecule has 0 aromatic rings. The number of carboxylic acid groups (broad SMARTS) is 1. The maximum absolute atomic E-state index is 11.3. The zero-order valence-electron chi connectivity index (χ0n) is 8.90. The number of carbonyl (C=O) groups excluding carboxylic acids is 2. The molecule has 1 fully saturated rings. The van der Waals surface area contributed by atoms with Gasteiger partial charge >= 0.3 is 12.0 Å². The first kappa shape index (κ1) is 12.3. The van der Waals surface area contributed by atoms with Crippen molar-refractivity contribution in [3.8, 4) is 0 Å². The van der Waals surface area contributed by atoms with Gasteiger partial charge in [-0.1, -0.05) is 0 Å². The fraction of sp³-hybridized carbons (Fsp3) is 0.667. The average Bonchev–Trinajstić information content (AvgIpc) is 2.96. The van der Waals surface area contributed by atoms with Crippen LogP contribution in [0.1, 0.15) is 19.8 Å². The average molecular weight is 229 g/mol. The molecule has 0 radical (unpaired) electrons. The van der Waals surface area contributed by atoms with Crippen LogP contribution in [0.3, 0.4) is 0 Å². The largest absolute Gasteiger partial charge is 0.480 e. The number of nitrogens with two attached hydrogens (primary N) is 1. The molecule has 2 unspecified atom stereocenters. The first-order valence-electron chi connectivity index (χ1n) is 5.01. The number of carboxylic acids is 1. The summed E-state index contributed by atoms with van der Waals surface area (Å²) in [6.07, 6.45) is 1.59. The number of hydrogen-bond donors (Lipinski definition) is 4. The van der Waals surface area contributed by atoms with Gasteiger partial charge in [0.2, 0.25) is 5.91 Å². The summed E-state index contributed by atoms with van der Waals surface area (Å²) in [5.74, 6) is -1.75. The molecule has 0 aliphatic heterocycles. The van der Waals surface area contributed by atoms with Gasteiger partial charge in [0.25, 0.3) is 0 Å². The lowest BCUT2D eigenvalue weighted by atomic mass is 10.2. The molecule has 2 atom stereocenters. The van der Waals surface area contributed by atoms with Gasteiger partial charge in [-0.2, -0.15) is 0 Å². The molecule has 7 nitrogen and oxygen atoms in total. The molecule has 0 spiro atoms. The van der Waals surface area contributed by atoms with Gasteiger partial charge in [-0.15, -0.1) is 0 Å². The standard InChI is InChI=1S/C9H15N3O4/c1-4(7(10)13)11-9(16)12-6(8(14)15)5-2-3-5/h4-6H,2-3H2,1H3,(H2,10,13)(H,14,15)(H2,11,12,16). The predicted molar refractivity (Wildman–Crippen MR) is 54.5 cm³/mol. The molecule has 0 aromatic carbocycles. The molecule has 3 amide bonds. The number of hydrogen-bond acceptors (Lipinski definition) is 3. The first-order chi connectivity index (χ1) is 7.41. The number of primary amides is 1. The van der Waals surface area contributed by atoms with Crippen LogP contribution in [-0.2, 0) is 9.59 Å². The van der Waals surface area contributed by atoms with Crippen molar-refractivity contribution >= 4 is 17.9 Å². The lowest BCUT2D eigenvalue weighted by Crippen LogP contribution is -2.52. The zero-order valence-corrected chi connectivity index (χ0v) is 8.90. The Kier molecular flexibility index (Phi) is 3.70. The van der Waals surface area contributed by atoms with E-state index in [0.29, 0.717) is 0 Å². The van der Waals surface area contributed by atoms with E-state index in [2.05, 4.69) is 10.6 Å². The van der Waals surface area contributed by atoms with Crippen LogP contribution in [0.25, 0.3) is 0 Å². The quantitative estimate of drug-likeness (QED) is 0.484. The van der Waals surface area contributed by atoms with Crippen molar-refractivity contribution in [2.45, 2.75) is 31.8 Å². The number of aliphatic carboxylic acids is 1. The van der Waals surface area contributed by atoms with E-state index in [4.69, 9.17) is 10.8 Å². The highest BCUT2D eigenvalue weighted by Crippen LogP contribution is 2.32. The predicted octanol–water partition coefficient (Wildman–Crippen LogP) is -0.977. The summed E-state index contributed by atoms with van der Waals surface area (Å²) < 4.78 is 0. The Morgan fingerprint density at radius 1 is 1.31 bits per heavy atom. The maximum Gasteiger partial charge on any atom is 0.326 e. The molecule has 0 aromatic heterocycles. The normalized spacial score (nSPS) is 18.3. The number of rotatable bonds is 5. The lowest BCUT2D eigenvalue weighted by Gasteiger charge is -2.16. The second-order valence-corrected chi connectivity index (χ2v) is 3.90. The van der Waals surface area contributed by atoms with E-state index >= 15 is 0 Å². The van der Waals surface area contributed by atoms with Gasteiger partial charge in [0.1, 0.15) is 12.1 Å². The van der Waals surface area contributed by atoms with E-state index < -0.39 is 30.0 Å². The van der Waals surface area contributed by atoms with Crippen LogP contribution in [0, 0.1) is 5.92 Å². The summed E-state index contributed by atoms with van der Waals surface area (Å²) in [7, 11) is 0. The lowest BCUT2D eigenvalue weighted by molar-refractivity contribution is -0.139. The van der Waals surface area contributed by atoms with Crippen LogP contribution >= 0.6 is 0 Å². The zero-order chi connectivity index (χ0) is 12.3. The van der Waals surface area contributed by atoms with Crippen molar-refractivity contribution in [1.82, 2.24) is 10.6 Å². The van der Waals surface area contributed by atoms with Gasteiger partial charge in [0.05, 0.1) is 0 Å². The summed E-state index contributed by atoms with van der Waals surface area (Å²) in [6.45, 7) is 1.43. The molecule has 0 bridgehead atoms. The van der Waals surface area contributed by atoms with Crippen molar-refractivity contribution in [2.24, 2.45) is 11.7 Å². The number of carbonyl (C=O) groups is 3. The van der Waals surface area contributed by atoms with E-state index in [1.54, 1.807) is 0 Å². The van der Waals surface area contributed by atoms with Gasteiger partial charge in [-0.3, -0.25) is 4.79 Å². The van der Waals surface area contributed by atoms with E-state index in [1.165, 1.54) is 6.92 Å². The van der Waals surface area contributed by atoms with Crippen molar-refractivity contribution in [3.05, 3.63) is 0 Å². The van der Waals surface area contributed by atoms with Crippen molar-refractivity contribution in [3.63, 3.8) is 0 Å². The molecule has 16 heavy (non-hydrogen) atoms. The molecule has 1 aliphatic rings. The molecular formula is C9H15N3O4. The molecule has 1 rings (SSSR count). The smallest absolute Gasteiger partial charge is 0.326 e. The molecule has 7 heteroatoms. The third-order valence-electron chi connectivity index (χ3n) is 2.42. The molecule has 1 aliphatic carbocycles.